The second-order valence-corrected chi connectivity index (χ2v) is 11.8. The zero-order chi connectivity index (χ0) is 27.4. The van der Waals surface area contributed by atoms with Gasteiger partial charge in [-0.15, -0.1) is 0 Å². The van der Waals surface area contributed by atoms with Crippen LogP contribution in [0, 0.1) is 0 Å². The third-order valence-corrected chi connectivity index (χ3v) is 8.99. The van der Waals surface area contributed by atoms with E-state index in [1.54, 1.807) is 27.2 Å². The maximum atomic E-state index is 12.1. The van der Waals surface area contributed by atoms with Crippen LogP contribution in [0.3, 0.4) is 0 Å². The number of carbonyl (C=O) groups is 1. The predicted octanol–water partition coefficient (Wildman–Crippen LogP) is 2.47. The van der Waals surface area contributed by atoms with Crippen molar-refractivity contribution in [1.29, 1.82) is 0 Å². The van der Waals surface area contributed by atoms with Gasteiger partial charge in [-0.3, -0.25) is 0 Å². The molecule has 2 aliphatic heterocycles. The van der Waals surface area contributed by atoms with Crippen LogP contribution in [0.2, 0.25) is 0 Å². The van der Waals surface area contributed by atoms with Crippen LogP contribution in [0.1, 0.15) is 38.4 Å². The quantitative estimate of drug-likeness (QED) is 0.251. The molecule has 1 saturated heterocycles. The van der Waals surface area contributed by atoms with Gasteiger partial charge in [-0.2, -0.15) is 4.58 Å². The largest absolute Gasteiger partial charge is 0.493 e. The lowest BCUT2D eigenvalue weighted by atomic mass is 10.1. The molecular weight excluding hydrogens is 520 g/mol. The van der Waals surface area contributed by atoms with Crippen molar-refractivity contribution < 1.29 is 27.3 Å². The van der Waals surface area contributed by atoms with Crippen molar-refractivity contribution in [2.75, 3.05) is 44.3 Å². The van der Waals surface area contributed by atoms with E-state index in [4.69, 9.17) is 20.2 Å². The molecular formula is C27H35N6O5S+. The number of allylic oxidation sites excluding steroid dienone is 1. The summed E-state index contributed by atoms with van der Waals surface area (Å²) in [5.74, 6) is 2.02. The maximum absolute atomic E-state index is 12.1. The number of imidazole rings is 1. The van der Waals surface area contributed by atoms with Crippen molar-refractivity contribution in [3.05, 3.63) is 36.2 Å². The number of nitrogens with zero attached hydrogens (tertiary/aromatic N) is 5. The second-order valence-electron chi connectivity index (χ2n) is 9.71. The van der Waals surface area contributed by atoms with Crippen molar-refractivity contribution >= 4 is 49.9 Å². The zero-order valence-corrected chi connectivity index (χ0v) is 23.0. The summed E-state index contributed by atoms with van der Waals surface area (Å²) < 4.78 is 41.3. The normalized spacial score (nSPS) is 17.1. The van der Waals surface area contributed by atoms with E-state index in [0.717, 1.165) is 29.6 Å². The van der Waals surface area contributed by atoms with Crippen LogP contribution in [0.5, 0.6) is 5.75 Å². The van der Waals surface area contributed by atoms with E-state index in [2.05, 4.69) is 9.55 Å². The molecule has 0 bridgehead atoms. The molecule has 1 fully saturated rings. The summed E-state index contributed by atoms with van der Waals surface area (Å²) in [5.41, 5.74) is 8.60. The molecule has 1 amide bonds. The van der Waals surface area contributed by atoms with Gasteiger partial charge in [0.05, 0.1) is 29.5 Å². The van der Waals surface area contributed by atoms with Gasteiger partial charge < -0.3 is 19.8 Å². The van der Waals surface area contributed by atoms with Gasteiger partial charge in [0.15, 0.2) is 18.6 Å². The molecule has 0 aliphatic carbocycles. The number of ether oxygens (including phenoxy) is 2. The highest BCUT2D eigenvalue weighted by Crippen LogP contribution is 2.31. The Morgan fingerprint density at radius 2 is 2.00 bits per heavy atom. The Labute approximate surface area is 228 Å². The maximum Gasteiger partial charge on any atom is 0.412 e. The van der Waals surface area contributed by atoms with Crippen molar-refractivity contribution in [2.45, 2.75) is 45.8 Å². The average Bonchev–Trinajstić information content (AvgIpc) is 3.59. The molecule has 39 heavy (non-hydrogen) atoms. The number of rotatable bonds is 13. The van der Waals surface area contributed by atoms with Gasteiger partial charge in [-0.25, -0.2) is 27.5 Å². The molecule has 5 rings (SSSR count). The van der Waals surface area contributed by atoms with Crippen LogP contribution in [-0.2, 0) is 32.7 Å². The number of sulfonamides is 1. The summed E-state index contributed by atoms with van der Waals surface area (Å²) in [4.78, 5) is 21.1. The Morgan fingerprint density at radius 1 is 1.15 bits per heavy atom. The summed E-state index contributed by atoms with van der Waals surface area (Å²) >= 11 is 0. The number of hydrogen-bond donors (Lipinski definition) is 1. The molecule has 2 aliphatic rings. The van der Waals surface area contributed by atoms with Crippen LogP contribution in [-0.4, -0.2) is 82.6 Å². The summed E-state index contributed by atoms with van der Waals surface area (Å²) in [7, 11) is -3.09. The van der Waals surface area contributed by atoms with Gasteiger partial charge in [0.2, 0.25) is 10.0 Å². The molecule has 0 spiro atoms. The number of anilines is 1. The van der Waals surface area contributed by atoms with E-state index in [0.29, 0.717) is 81.4 Å². The van der Waals surface area contributed by atoms with E-state index >= 15 is 0 Å². The van der Waals surface area contributed by atoms with Crippen LogP contribution >= 0.6 is 0 Å². The Morgan fingerprint density at radius 3 is 2.74 bits per heavy atom. The second kappa shape index (κ2) is 11.8. The van der Waals surface area contributed by atoms with Crippen molar-refractivity contribution in [2.24, 2.45) is 0 Å². The Hall–Kier alpha value is -3.35. The Bertz CT molecular complexity index is 1550. The Balaban J connectivity index is 1.34. The number of carbonyl (C=O) groups excluding carboxylic acids is 1. The monoisotopic (exact) mass is 555 g/mol. The molecule has 2 aromatic heterocycles. The molecule has 3 aromatic rings. The first-order valence-corrected chi connectivity index (χ1v) is 15.1. The summed E-state index contributed by atoms with van der Waals surface area (Å²) in [6, 6.07) is 5.75. The van der Waals surface area contributed by atoms with Crippen LogP contribution in [0.15, 0.2) is 30.4 Å². The molecule has 4 heterocycles. The number of aromatic nitrogens is 3. The number of amides is 1. The third kappa shape index (κ3) is 5.97. The minimum atomic E-state index is -3.09. The van der Waals surface area contributed by atoms with Gasteiger partial charge in [0.25, 0.3) is 0 Å². The van der Waals surface area contributed by atoms with Crippen LogP contribution < -0.4 is 10.5 Å². The number of pyridine rings is 1. The number of fused-ring (bicyclic) bond motifs is 3. The van der Waals surface area contributed by atoms with Gasteiger partial charge in [-0.05, 0) is 38.3 Å². The smallest absolute Gasteiger partial charge is 0.412 e. The van der Waals surface area contributed by atoms with Gasteiger partial charge in [0.1, 0.15) is 23.7 Å². The minimum Gasteiger partial charge on any atom is -0.493 e. The van der Waals surface area contributed by atoms with Gasteiger partial charge >= 0.3 is 5.91 Å². The molecule has 2 N–H and O–H groups in total. The molecule has 1 aromatic carbocycles. The van der Waals surface area contributed by atoms with Crippen molar-refractivity contribution in [3.63, 3.8) is 0 Å². The van der Waals surface area contributed by atoms with E-state index in [1.807, 2.05) is 25.1 Å². The molecule has 0 saturated carbocycles. The molecule has 12 heteroatoms. The Kier molecular flexibility index (Phi) is 8.24. The van der Waals surface area contributed by atoms with Gasteiger partial charge in [0, 0.05) is 50.2 Å². The summed E-state index contributed by atoms with van der Waals surface area (Å²) in [6.45, 7) is 5.70. The van der Waals surface area contributed by atoms with E-state index < -0.39 is 10.0 Å². The van der Waals surface area contributed by atoms with E-state index in [9.17, 15) is 13.2 Å². The lowest BCUT2D eigenvalue weighted by molar-refractivity contribution is -0.437. The molecule has 0 radical (unpaired) electrons. The fourth-order valence-electron chi connectivity index (χ4n) is 5.08. The molecule has 0 unspecified atom stereocenters. The predicted molar refractivity (Wildman–Crippen MR) is 149 cm³/mol. The molecule has 208 valence electrons. The van der Waals surface area contributed by atoms with Crippen molar-refractivity contribution in [1.82, 2.24) is 18.8 Å². The molecule has 11 nitrogen and oxygen atoms in total. The number of aryl methyl sites for hydroxylation is 1. The highest BCUT2D eigenvalue weighted by Gasteiger charge is 2.27. The highest BCUT2D eigenvalue weighted by atomic mass is 32.2. The fourth-order valence-corrected chi connectivity index (χ4v) is 6.65. The highest BCUT2D eigenvalue weighted by molar-refractivity contribution is 7.89. The molecule has 0 atom stereocenters. The lowest BCUT2D eigenvalue weighted by Gasteiger charge is -2.15. The van der Waals surface area contributed by atoms with E-state index in [-0.39, 0.29) is 11.7 Å². The lowest BCUT2D eigenvalue weighted by Crippen LogP contribution is -2.26. The number of nitrogen functional groups attached to an aromatic ring is 1. The first-order valence-electron chi connectivity index (χ1n) is 13.5. The van der Waals surface area contributed by atoms with Crippen LogP contribution in [0.4, 0.5) is 5.82 Å². The number of hydrogen-bond acceptors (Lipinski definition) is 8. The standard InChI is InChI=1S/C27H34N6O5S/c1-2-37-19-23-30-25-26(33(23)15-4-3-13-32-14-7-17-39(32,35)36)21-10-9-20(18-22(21)29-27(25)28)38-16-6-12-31-11-5-8-24(31)34/h5,8-11,18,28H,2-4,6-7,12-17,19H2,1H3/p+1. The third-order valence-electron chi connectivity index (χ3n) is 7.03. The van der Waals surface area contributed by atoms with E-state index in [1.165, 1.54) is 0 Å². The van der Waals surface area contributed by atoms with Crippen LogP contribution in [0.25, 0.3) is 21.9 Å². The number of unbranched alkanes of at least 4 members (excludes halogenated alkanes) is 1. The zero-order valence-electron chi connectivity index (χ0n) is 22.2. The summed E-state index contributed by atoms with van der Waals surface area (Å²) in [6.07, 6.45) is 7.99. The fraction of sp³-hybridized carbons (Fsp3) is 0.481. The number of nitrogens with two attached hydrogens (primary N) is 1. The van der Waals surface area contributed by atoms with Crippen molar-refractivity contribution in [3.8, 4) is 5.75 Å². The first kappa shape index (κ1) is 27.2. The topological polar surface area (TPSA) is 133 Å². The minimum absolute atomic E-state index is 0.00853. The average molecular weight is 556 g/mol. The number of benzene rings is 1. The van der Waals surface area contributed by atoms with Gasteiger partial charge in [-0.1, -0.05) is 0 Å². The SMILES string of the molecule is CCOCc1nc2c(N)nc3cc(OCCC[N+]4=CC=CC4=O)ccc3c2n1CCCCN1CCCS1(=O)=O. The first-order chi connectivity index (χ1) is 18.9. The summed E-state index contributed by atoms with van der Waals surface area (Å²) in [5, 5.41) is 0.909.